The molecule has 1 aromatic heterocycles. The van der Waals surface area contributed by atoms with Crippen molar-refractivity contribution in [2.24, 2.45) is 0 Å². The molecule has 0 amide bonds. The van der Waals surface area contributed by atoms with Crippen LogP contribution in [0.4, 0.5) is 0 Å². The van der Waals surface area contributed by atoms with Gasteiger partial charge in [0.15, 0.2) is 5.60 Å². The van der Waals surface area contributed by atoms with Gasteiger partial charge in [-0.05, 0) is 13.8 Å². The van der Waals surface area contributed by atoms with E-state index in [2.05, 4.69) is 4.98 Å². The fraction of sp³-hybridized carbons (Fsp3) is 0.500. The van der Waals surface area contributed by atoms with E-state index in [1.54, 1.807) is 6.92 Å². The van der Waals surface area contributed by atoms with E-state index in [1.807, 2.05) is 0 Å². The molecule has 78 valence electrons. The molecule has 0 aliphatic heterocycles. The lowest BCUT2D eigenvalue weighted by Gasteiger charge is -2.15. The van der Waals surface area contributed by atoms with E-state index in [4.69, 9.17) is 9.52 Å². The number of carboxylic acids is 1. The Morgan fingerprint density at radius 1 is 1.79 bits per heavy atom. The lowest BCUT2D eigenvalue weighted by molar-refractivity contribution is -0.154. The lowest BCUT2D eigenvalue weighted by Crippen LogP contribution is -2.37. The first-order chi connectivity index (χ1) is 6.42. The highest BCUT2D eigenvalue weighted by Crippen LogP contribution is 2.21. The van der Waals surface area contributed by atoms with Gasteiger partial charge in [0.2, 0.25) is 0 Å². The van der Waals surface area contributed by atoms with Crippen LogP contribution in [-0.4, -0.2) is 32.5 Å². The summed E-state index contributed by atoms with van der Waals surface area (Å²) in [6.07, 6.45) is 1.47. The standard InChI is InChI=1S/C8H11NO4S/c1-5-3-13-7(9-5)14-4-8(2,12)6(10)11/h3,12H,4H2,1-2H3,(H,10,11). The highest BCUT2D eigenvalue weighted by atomic mass is 32.2. The number of thioether (sulfide) groups is 1. The Balaban J connectivity index is 2.52. The van der Waals surface area contributed by atoms with E-state index in [9.17, 15) is 9.90 Å². The molecular weight excluding hydrogens is 206 g/mol. The Labute approximate surface area is 85.1 Å². The van der Waals surface area contributed by atoms with E-state index in [0.717, 1.165) is 17.5 Å². The van der Waals surface area contributed by atoms with Crippen LogP contribution in [0, 0.1) is 6.92 Å². The fourth-order valence-electron chi connectivity index (χ4n) is 0.663. The molecule has 2 N–H and O–H groups in total. The number of hydrogen-bond acceptors (Lipinski definition) is 5. The summed E-state index contributed by atoms with van der Waals surface area (Å²) in [5.41, 5.74) is -1.03. The Morgan fingerprint density at radius 2 is 2.43 bits per heavy atom. The lowest BCUT2D eigenvalue weighted by atomic mass is 10.1. The van der Waals surface area contributed by atoms with Crippen LogP contribution >= 0.6 is 11.8 Å². The first-order valence-corrected chi connectivity index (χ1v) is 4.91. The second-order valence-electron chi connectivity index (χ2n) is 3.12. The number of nitrogens with zero attached hydrogens (tertiary/aromatic N) is 1. The van der Waals surface area contributed by atoms with Gasteiger partial charge in [-0.25, -0.2) is 9.78 Å². The number of oxazole rings is 1. The van der Waals surface area contributed by atoms with Crippen LogP contribution in [0.25, 0.3) is 0 Å². The van der Waals surface area contributed by atoms with Crippen LogP contribution in [0.2, 0.25) is 0 Å². The molecule has 1 aromatic rings. The predicted octanol–water partition coefficient (Wildman–Crippen LogP) is 0.911. The zero-order valence-corrected chi connectivity index (χ0v) is 8.67. The predicted molar refractivity (Wildman–Crippen MR) is 50.2 cm³/mol. The zero-order chi connectivity index (χ0) is 10.8. The van der Waals surface area contributed by atoms with Crippen molar-refractivity contribution < 1.29 is 19.4 Å². The molecule has 0 aromatic carbocycles. The molecule has 0 spiro atoms. The third-order valence-electron chi connectivity index (χ3n) is 1.54. The number of rotatable bonds is 4. The van der Waals surface area contributed by atoms with Crippen molar-refractivity contribution in [1.29, 1.82) is 0 Å². The van der Waals surface area contributed by atoms with E-state index in [1.165, 1.54) is 13.2 Å². The topological polar surface area (TPSA) is 83.6 Å². The van der Waals surface area contributed by atoms with E-state index in [-0.39, 0.29) is 5.75 Å². The van der Waals surface area contributed by atoms with Crippen LogP contribution in [0.1, 0.15) is 12.6 Å². The van der Waals surface area contributed by atoms with Crippen LogP contribution in [0.5, 0.6) is 0 Å². The number of hydrogen-bond donors (Lipinski definition) is 2. The van der Waals surface area contributed by atoms with Gasteiger partial charge in [-0.1, -0.05) is 11.8 Å². The first kappa shape index (κ1) is 11.1. The average molecular weight is 217 g/mol. The van der Waals surface area contributed by atoms with Crippen molar-refractivity contribution in [2.75, 3.05) is 5.75 Å². The molecule has 0 fully saturated rings. The van der Waals surface area contributed by atoms with Crippen molar-refractivity contribution in [3.05, 3.63) is 12.0 Å². The number of carboxylic acid groups (broad SMARTS) is 1. The third kappa shape index (κ3) is 2.74. The molecule has 1 unspecified atom stereocenters. The minimum atomic E-state index is -1.76. The van der Waals surface area contributed by atoms with Crippen molar-refractivity contribution >= 4 is 17.7 Å². The maximum atomic E-state index is 10.5. The average Bonchev–Trinajstić information content (AvgIpc) is 2.48. The summed E-state index contributed by atoms with van der Waals surface area (Å²) in [7, 11) is 0. The summed E-state index contributed by atoms with van der Waals surface area (Å²) >= 11 is 1.07. The molecule has 0 aliphatic rings. The molecule has 0 bridgehead atoms. The number of aliphatic carboxylic acids is 1. The molecule has 5 nitrogen and oxygen atoms in total. The Hall–Kier alpha value is -1.01. The van der Waals surface area contributed by atoms with E-state index >= 15 is 0 Å². The number of carbonyl (C=O) groups is 1. The number of aliphatic hydroxyl groups is 1. The normalized spacial score (nSPS) is 15.1. The maximum Gasteiger partial charge on any atom is 0.336 e. The Kier molecular flexibility index (Phi) is 3.17. The van der Waals surface area contributed by atoms with Crippen molar-refractivity contribution in [1.82, 2.24) is 4.98 Å². The summed E-state index contributed by atoms with van der Waals surface area (Å²) in [6, 6.07) is 0. The Bertz CT molecular complexity index is 334. The molecule has 0 radical (unpaired) electrons. The summed E-state index contributed by atoms with van der Waals surface area (Å²) < 4.78 is 4.99. The van der Waals surface area contributed by atoms with E-state index in [0.29, 0.717) is 5.22 Å². The molecular formula is C8H11NO4S. The van der Waals surface area contributed by atoms with Gasteiger partial charge in [0.05, 0.1) is 5.69 Å². The molecule has 1 rings (SSSR count). The second kappa shape index (κ2) is 4.02. The largest absolute Gasteiger partial charge is 0.479 e. The summed E-state index contributed by atoms with van der Waals surface area (Å²) in [4.78, 5) is 14.5. The quantitative estimate of drug-likeness (QED) is 0.729. The minimum Gasteiger partial charge on any atom is -0.479 e. The third-order valence-corrected chi connectivity index (χ3v) is 2.68. The van der Waals surface area contributed by atoms with Gasteiger partial charge in [0.1, 0.15) is 6.26 Å². The molecule has 1 heterocycles. The molecule has 14 heavy (non-hydrogen) atoms. The smallest absolute Gasteiger partial charge is 0.336 e. The second-order valence-corrected chi connectivity index (χ2v) is 4.05. The fourth-order valence-corrected chi connectivity index (χ4v) is 1.52. The molecule has 1 atom stereocenters. The van der Waals surface area contributed by atoms with Gasteiger partial charge >= 0.3 is 5.97 Å². The SMILES string of the molecule is Cc1coc(SCC(C)(O)C(=O)O)n1. The molecule has 0 saturated carbocycles. The highest BCUT2D eigenvalue weighted by Gasteiger charge is 2.30. The molecule has 0 aliphatic carbocycles. The van der Waals surface area contributed by atoms with Crippen LogP contribution in [-0.2, 0) is 4.79 Å². The number of aryl methyl sites for hydroxylation is 1. The summed E-state index contributed by atoms with van der Waals surface area (Å²) in [6.45, 7) is 3.00. The van der Waals surface area contributed by atoms with Crippen LogP contribution < -0.4 is 0 Å². The first-order valence-electron chi connectivity index (χ1n) is 3.92. The monoisotopic (exact) mass is 217 g/mol. The minimum absolute atomic E-state index is 0.00227. The van der Waals surface area contributed by atoms with Gasteiger partial charge in [-0.15, -0.1) is 0 Å². The van der Waals surface area contributed by atoms with Gasteiger partial charge < -0.3 is 14.6 Å². The van der Waals surface area contributed by atoms with Gasteiger partial charge in [0, 0.05) is 5.75 Å². The number of aromatic nitrogens is 1. The van der Waals surface area contributed by atoms with Crippen LogP contribution in [0.3, 0.4) is 0 Å². The molecule has 6 heteroatoms. The summed E-state index contributed by atoms with van der Waals surface area (Å²) in [5.74, 6) is -1.25. The summed E-state index contributed by atoms with van der Waals surface area (Å²) in [5, 5.41) is 18.3. The van der Waals surface area contributed by atoms with Crippen LogP contribution in [0.15, 0.2) is 15.9 Å². The van der Waals surface area contributed by atoms with Crippen molar-refractivity contribution in [3.8, 4) is 0 Å². The van der Waals surface area contributed by atoms with Gasteiger partial charge in [0.25, 0.3) is 5.22 Å². The van der Waals surface area contributed by atoms with Crippen molar-refractivity contribution in [2.45, 2.75) is 24.7 Å². The van der Waals surface area contributed by atoms with Gasteiger partial charge in [-0.2, -0.15) is 0 Å². The molecule has 0 saturated heterocycles. The van der Waals surface area contributed by atoms with E-state index < -0.39 is 11.6 Å². The highest BCUT2D eigenvalue weighted by molar-refractivity contribution is 7.99. The maximum absolute atomic E-state index is 10.5. The zero-order valence-electron chi connectivity index (χ0n) is 7.85. The Morgan fingerprint density at radius 3 is 2.86 bits per heavy atom. The van der Waals surface area contributed by atoms with Crippen molar-refractivity contribution in [3.63, 3.8) is 0 Å². The van der Waals surface area contributed by atoms with Gasteiger partial charge in [-0.3, -0.25) is 0 Å².